The van der Waals surface area contributed by atoms with E-state index in [1.54, 1.807) is 0 Å². The molecule has 0 aliphatic rings. The van der Waals surface area contributed by atoms with Gasteiger partial charge < -0.3 is 50.5 Å². The first-order valence-electron chi connectivity index (χ1n) is 52.1. The Morgan fingerprint density at radius 2 is 0.540 bits per heavy atom. The maximum atomic E-state index is 9.22. The number of thiophene rings is 1. The predicted molar refractivity (Wildman–Crippen MR) is 647 cm³/mol. The number of hydrogen-bond acceptors (Lipinski definition) is 4. The molecule has 0 bridgehead atoms. The molecule has 11 nitrogen and oxygen atoms in total. The van der Waals surface area contributed by atoms with Gasteiger partial charge in [-0.1, -0.05) is 270 Å². The highest BCUT2D eigenvalue weighted by Gasteiger charge is 2.24. The molecule has 11 heterocycles. The van der Waals surface area contributed by atoms with Crippen LogP contribution in [-0.2, 0) is 73.8 Å². The second-order valence-corrected chi connectivity index (χ2v) is 44.4. The number of hydrogen-bond donors (Lipinski definition) is 1. The van der Waals surface area contributed by atoms with Crippen LogP contribution < -0.4 is 0 Å². The van der Waals surface area contributed by atoms with Gasteiger partial charge in [0, 0.05) is 246 Å². The molecular formula is C138H126N8O3S. The average Bonchev–Trinajstić information content (AvgIpc) is 1.59. The lowest BCUT2D eigenvalue weighted by atomic mass is 9.85. The molecule has 0 aliphatic heterocycles. The molecule has 19 aromatic carbocycles. The Balaban J connectivity index is 0.0000000943. The van der Waals surface area contributed by atoms with Crippen molar-refractivity contribution in [3.05, 3.63) is 420 Å². The summed E-state index contributed by atoms with van der Waals surface area (Å²) in [6.45, 7) is 28.9. The van der Waals surface area contributed by atoms with E-state index in [-0.39, 0.29) is 17.4 Å². The second kappa shape index (κ2) is 37.9. The molecule has 0 spiro atoms. The van der Waals surface area contributed by atoms with E-state index in [9.17, 15) is 5.11 Å². The normalized spacial score (nSPS) is 12.0. The SMILES string of the molecule is Cc1cc(C)c2c(c1)c1cc(C)cc(C)c1n2C.Cc1ccc2c(c1)c1cc(C)ccc1n2C.Cc1ccc2c(c1)c1cc(CO)ccc1n2C.Cn1c2ccc(C(C)(C)C)cc2c2cc(C(C)(C)C)ccc21.Cn1c2ccccc2c2c3oc4ccccc4c3ccc21.Cn1c2ccccc2c2c3sc4ccccc4c3ccc21.Cn1c2ccccc2c2cc3c(cc21)oc1ccccc13.Cn1c2ccccc2c2ccccc21. The summed E-state index contributed by atoms with van der Waals surface area (Å²) in [5.41, 5.74) is 37.8. The minimum atomic E-state index is 0.0954. The van der Waals surface area contributed by atoms with Gasteiger partial charge in [0.15, 0.2) is 0 Å². The summed E-state index contributed by atoms with van der Waals surface area (Å²) in [4.78, 5) is 0. The van der Waals surface area contributed by atoms with Gasteiger partial charge in [-0.05, 0) is 245 Å². The van der Waals surface area contributed by atoms with Crippen molar-refractivity contribution in [2.24, 2.45) is 56.4 Å². The third kappa shape index (κ3) is 16.7. The summed E-state index contributed by atoms with van der Waals surface area (Å²) in [6.07, 6.45) is 0. The van der Waals surface area contributed by atoms with Crippen LogP contribution in [0.4, 0.5) is 0 Å². The van der Waals surface area contributed by atoms with Crippen LogP contribution in [0.1, 0.15) is 97.2 Å². The molecular weight excluding hydrogens is 1850 g/mol. The number of benzene rings is 19. The van der Waals surface area contributed by atoms with Gasteiger partial charge in [-0.2, -0.15) is 0 Å². The van der Waals surface area contributed by atoms with E-state index in [1.165, 1.54) is 266 Å². The van der Waals surface area contributed by atoms with Crippen LogP contribution >= 0.6 is 11.3 Å². The Morgan fingerprint density at radius 1 is 0.220 bits per heavy atom. The summed E-state index contributed by atoms with van der Waals surface area (Å²) in [7, 11) is 17.0. The quantitative estimate of drug-likeness (QED) is 0.178. The Kier molecular flexibility index (Phi) is 24.5. The fourth-order valence-corrected chi connectivity index (χ4v) is 25.0. The number of fused-ring (bicyclic) bond motifs is 35. The highest BCUT2D eigenvalue weighted by Crippen LogP contribution is 2.46. The number of rotatable bonds is 1. The summed E-state index contributed by atoms with van der Waals surface area (Å²) >= 11 is 1.91. The van der Waals surface area contributed by atoms with Gasteiger partial charge in [-0.15, -0.1) is 11.3 Å². The number of para-hydroxylation sites is 7. The third-order valence-electron chi connectivity index (χ3n) is 31.4. The molecule has 1 N–H and O–H groups in total. The first kappa shape index (κ1) is 96.8. The van der Waals surface area contributed by atoms with Gasteiger partial charge in [0.2, 0.25) is 0 Å². The van der Waals surface area contributed by atoms with Crippen LogP contribution in [0.5, 0.6) is 0 Å². The van der Waals surface area contributed by atoms with E-state index in [0.29, 0.717) is 0 Å². The lowest BCUT2D eigenvalue weighted by Gasteiger charge is -2.19. The molecule has 0 saturated heterocycles. The van der Waals surface area contributed by atoms with Crippen molar-refractivity contribution >= 4 is 250 Å². The Labute approximate surface area is 877 Å². The van der Waals surface area contributed by atoms with Crippen molar-refractivity contribution in [1.29, 1.82) is 0 Å². The molecule has 30 rings (SSSR count). The largest absolute Gasteiger partial charge is 0.456 e. The molecule has 30 aromatic rings. The predicted octanol–water partition coefficient (Wildman–Crippen LogP) is 37.1. The molecule has 0 unspecified atom stereocenters. The van der Waals surface area contributed by atoms with Gasteiger partial charge in [-0.25, -0.2) is 0 Å². The van der Waals surface area contributed by atoms with E-state index < -0.39 is 0 Å². The van der Waals surface area contributed by atoms with E-state index in [0.717, 1.165) is 27.9 Å². The van der Waals surface area contributed by atoms with Crippen LogP contribution in [0.2, 0.25) is 0 Å². The monoisotopic (exact) mass is 1970 g/mol. The average molecular weight is 1980 g/mol. The van der Waals surface area contributed by atoms with Gasteiger partial charge in [0.05, 0.1) is 39.6 Å². The van der Waals surface area contributed by atoms with E-state index >= 15 is 0 Å². The Morgan fingerprint density at radius 3 is 1.00 bits per heavy atom. The summed E-state index contributed by atoms with van der Waals surface area (Å²) < 4.78 is 33.1. The van der Waals surface area contributed by atoms with Crippen molar-refractivity contribution in [2.75, 3.05) is 0 Å². The van der Waals surface area contributed by atoms with Crippen molar-refractivity contribution in [3.63, 3.8) is 0 Å². The Bertz CT molecular complexity index is 10200. The number of aryl methyl sites for hydroxylation is 15. The molecule has 150 heavy (non-hydrogen) atoms. The number of nitrogens with zero attached hydrogens (tertiary/aromatic N) is 8. The molecule has 0 saturated carbocycles. The van der Waals surface area contributed by atoms with Crippen LogP contribution in [-0.4, -0.2) is 41.6 Å². The summed E-state index contributed by atoms with van der Waals surface area (Å²) in [5.74, 6) is 0. The van der Waals surface area contributed by atoms with Crippen LogP contribution in [0.3, 0.4) is 0 Å². The lowest BCUT2D eigenvalue weighted by molar-refractivity contribution is 0.282. The molecule has 742 valence electrons. The maximum Gasteiger partial charge on any atom is 0.145 e. The third-order valence-corrected chi connectivity index (χ3v) is 32.6. The fraction of sp³-hybridized carbons (Fsp3) is 0.174. The smallest absolute Gasteiger partial charge is 0.145 e. The molecule has 12 heteroatoms. The van der Waals surface area contributed by atoms with Gasteiger partial charge in [-0.3, -0.25) is 0 Å². The number of aliphatic hydroxyl groups excluding tert-OH is 1. The van der Waals surface area contributed by atoms with Crippen molar-refractivity contribution in [1.82, 2.24) is 36.5 Å². The van der Waals surface area contributed by atoms with E-state index in [4.69, 9.17) is 8.83 Å². The summed E-state index contributed by atoms with van der Waals surface area (Å²) in [5, 5.41) is 37.9. The first-order chi connectivity index (χ1) is 72.3. The van der Waals surface area contributed by atoms with E-state index in [1.807, 2.05) is 41.7 Å². The van der Waals surface area contributed by atoms with Crippen molar-refractivity contribution < 1.29 is 13.9 Å². The first-order valence-corrected chi connectivity index (χ1v) is 52.9. The van der Waals surface area contributed by atoms with Gasteiger partial charge in [0.25, 0.3) is 0 Å². The zero-order valence-corrected chi connectivity index (χ0v) is 90.4. The standard InChI is InChI=1S/C21H27N.2C19H13NO.C19H13NS.C17H19N.C15H15NO.C15H15N.C13H11N/c1-20(2,3)14-8-10-18-16(12-14)17-13-15(21(4,5)6)9-11-19(17)22(18)7;1-20-15-8-4-2-7-14(15)18-16(20)11-10-13-12-6-3-5-9-17(12)21-19(13)18;1-20-16-8-4-2-6-12(16)14-10-15-13-7-3-5-9-18(13)21-19(15)11-17(14)20;1-20-15-8-4-2-7-14(15)18-16(20)11-10-13-12-6-3-5-9-17(12)21-19(13)18;1-10-6-12(3)16-14(8-10)15-9-11(2)7-13(4)17(15)18(16)5;1-10-3-5-14-12(7-10)13-8-11(9-17)4-6-15(13)16(14)2;1-10-4-6-14-12(8-10)13-9-11(2)5-7-15(13)16(14)3;1-14-12-8-4-2-6-10(12)11-7-3-5-9-13(11)14/h8-13H,1-7H3;3*2-11H,1H3;6-9H,1-5H3;3-8,17H,9H2,1-2H3;4-9H,1-3H3;2-9H,1H3. The lowest BCUT2D eigenvalue weighted by Crippen LogP contribution is -2.10. The number of aliphatic hydroxyl groups is 1. The molecule has 11 aromatic heterocycles. The fourth-order valence-electron chi connectivity index (χ4n) is 23.8. The maximum absolute atomic E-state index is 9.22. The van der Waals surface area contributed by atoms with E-state index in [2.05, 4.69) is 517 Å². The molecule has 0 atom stereocenters. The number of furan rings is 2. The molecule has 0 radical (unpaired) electrons. The van der Waals surface area contributed by atoms with Gasteiger partial charge >= 0.3 is 0 Å². The topological polar surface area (TPSA) is 85.9 Å². The highest BCUT2D eigenvalue weighted by atomic mass is 32.1. The minimum absolute atomic E-state index is 0.0954. The summed E-state index contributed by atoms with van der Waals surface area (Å²) in [6, 6.07) is 130. The van der Waals surface area contributed by atoms with Crippen LogP contribution in [0.15, 0.2) is 373 Å². The number of aromatic nitrogens is 8. The molecule has 0 aliphatic carbocycles. The van der Waals surface area contributed by atoms with Crippen molar-refractivity contribution in [2.45, 2.75) is 107 Å². The zero-order chi connectivity index (χ0) is 104. The Hall–Kier alpha value is -16.6. The highest BCUT2D eigenvalue weighted by molar-refractivity contribution is 7.26. The minimum Gasteiger partial charge on any atom is -0.456 e. The van der Waals surface area contributed by atoms with Gasteiger partial charge in [0.1, 0.15) is 22.3 Å². The zero-order valence-electron chi connectivity index (χ0n) is 89.6. The van der Waals surface area contributed by atoms with Crippen LogP contribution in [0.25, 0.3) is 238 Å². The van der Waals surface area contributed by atoms with Crippen LogP contribution in [0, 0.1) is 48.5 Å². The van der Waals surface area contributed by atoms with Crippen molar-refractivity contribution in [3.8, 4) is 0 Å². The molecule has 0 fully saturated rings. The second-order valence-electron chi connectivity index (χ2n) is 43.4. The molecule has 0 amide bonds.